The molecule has 74 valence electrons. The molecule has 0 saturated heterocycles. The van der Waals surface area contributed by atoms with Gasteiger partial charge in [0.2, 0.25) is 0 Å². The van der Waals surface area contributed by atoms with E-state index in [-0.39, 0.29) is 18.4 Å². The molecule has 0 saturated carbocycles. The lowest BCUT2D eigenvalue weighted by Crippen LogP contribution is -2.07. The number of benzene rings is 1. The Kier molecular flexibility index (Phi) is 6.21. The van der Waals surface area contributed by atoms with E-state index in [9.17, 15) is 0 Å². The zero-order valence-corrected chi connectivity index (χ0v) is 9.62. The Morgan fingerprint density at radius 3 is 2.23 bits per heavy atom. The first-order valence-electron chi connectivity index (χ1n) is 4.17. The van der Waals surface area contributed by atoms with Gasteiger partial charge in [-0.2, -0.15) is 0 Å². The minimum absolute atomic E-state index is 0. The Morgan fingerprint density at radius 1 is 1.31 bits per heavy atom. The number of hydrogen-bond donors (Lipinski definition) is 1. The number of thioether (sulfide) groups is 1. The molecule has 0 aliphatic carbocycles. The average molecular weight is 218 g/mol. The number of hydrogen-bond acceptors (Lipinski definition) is 2. The van der Waals surface area contributed by atoms with Crippen molar-refractivity contribution in [1.82, 2.24) is 0 Å². The predicted molar refractivity (Wildman–Crippen MR) is 62.7 cm³/mol. The van der Waals surface area contributed by atoms with E-state index in [1.165, 1.54) is 10.5 Å². The van der Waals surface area contributed by atoms with Crippen LogP contribution in [0.15, 0.2) is 29.2 Å². The second kappa shape index (κ2) is 6.30. The molecule has 0 bridgehead atoms. The third-order valence-corrected chi connectivity index (χ3v) is 2.73. The SMILES string of the molecule is CC[C@H](N)c1ccc(SC)cc1.Cl. The molecule has 0 radical (unpaired) electrons. The van der Waals surface area contributed by atoms with Gasteiger partial charge in [0.25, 0.3) is 0 Å². The average Bonchev–Trinajstić information content (AvgIpc) is 2.17. The van der Waals surface area contributed by atoms with E-state index < -0.39 is 0 Å². The molecule has 1 nitrogen and oxygen atoms in total. The van der Waals surface area contributed by atoms with Gasteiger partial charge in [-0.15, -0.1) is 24.2 Å². The van der Waals surface area contributed by atoms with Crippen LogP contribution in [-0.2, 0) is 0 Å². The Bertz CT molecular complexity index is 235. The smallest absolute Gasteiger partial charge is 0.0292 e. The lowest BCUT2D eigenvalue weighted by molar-refractivity contribution is 0.698. The van der Waals surface area contributed by atoms with E-state index in [2.05, 4.69) is 37.4 Å². The van der Waals surface area contributed by atoms with Gasteiger partial charge in [-0.3, -0.25) is 0 Å². The fraction of sp³-hybridized carbons (Fsp3) is 0.400. The van der Waals surface area contributed by atoms with Crippen molar-refractivity contribution in [2.75, 3.05) is 6.26 Å². The second-order valence-corrected chi connectivity index (χ2v) is 3.67. The van der Waals surface area contributed by atoms with Crippen LogP contribution in [-0.4, -0.2) is 6.26 Å². The summed E-state index contributed by atoms with van der Waals surface area (Å²) in [6.07, 6.45) is 3.08. The predicted octanol–water partition coefficient (Wildman–Crippen LogP) is 3.24. The quantitative estimate of drug-likeness (QED) is 0.787. The van der Waals surface area contributed by atoms with E-state index >= 15 is 0 Å². The zero-order valence-electron chi connectivity index (χ0n) is 7.99. The minimum atomic E-state index is 0. The lowest BCUT2D eigenvalue weighted by atomic mass is 10.1. The molecule has 0 fully saturated rings. The fourth-order valence-electron chi connectivity index (χ4n) is 1.09. The monoisotopic (exact) mass is 217 g/mol. The molecular formula is C10H16ClNS. The highest BCUT2D eigenvalue weighted by Crippen LogP contribution is 2.19. The molecule has 0 aliphatic heterocycles. The summed E-state index contributed by atoms with van der Waals surface area (Å²) >= 11 is 1.76. The molecule has 2 N–H and O–H groups in total. The zero-order chi connectivity index (χ0) is 8.97. The van der Waals surface area contributed by atoms with Crippen molar-refractivity contribution < 1.29 is 0 Å². The summed E-state index contributed by atoms with van der Waals surface area (Å²) < 4.78 is 0. The first kappa shape index (κ1) is 12.8. The summed E-state index contributed by atoms with van der Waals surface area (Å²) in [5, 5.41) is 0. The van der Waals surface area contributed by atoms with Gasteiger partial charge < -0.3 is 5.73 Å². The summed E-state index contributed by atoms with van der Waals surface area (Å²) in [7, 11) is 0. The van der Waals surface area contributed by atoms with Gasteiger partial charge in [0.1, 0.15) is 0 Å². The Balaban J connectivity index is 0.00000144. The largest absolute Gasteiger partial charge is 0.324 e. The fourth-order valence-corrected chi connectivity index (χ4v) is 1.50. The van der Waals surface area contributed by atoms with Gasteiger partial charge >= 0.3 is 0 Å². The van der Waals surface area contributed by atoms with Crippen LogP contribution in [0.1, 0.15) is 24.9 Å². The molecule has 3 heteroatoms. The van der Waals surface area contributed by atoms with E-state index in [4.69, 9.17) is 5.73 Å². The van der Waals surface area contributed by atoms with Crippen LogP contribution in [0, 0.1) is 0 Å². The third-order valence-electron chi connectivity index (χ3n) is 1.98. The summed E-state index contributed by atoms with van der Waals surface area (Å²) in [5.74, 6) is 0. The van der Waals surface area contributed by atoms with E-state index in [1.54, 1.807) is 11.8 Å². The van der Waals surface area contributed by atoms with Crippen LogP contribution < -0.4 is 5.73 Å². The highest BCUT2D eigenvalue weighted by Gasteiger charge is 2.01. The van der Waals surface area contributed by atoms with Crippen molar-refractivity contribution in [3.05, 3.63) is 29.8 Å². The second-order valence-electron chi connectivity index (χ2n) is 2.79. The molecule has 1 rings (SSSR count). The van der Waals surface area contributed by atoms with Crippen LogP contribution in [0.4, 0.5) is 0 Å². The molecule has 0 amide bonds. The molecule has 1 aromatic rings. The normalized spacial score (nSPS) is 11.9. The summed E-state index contributed by atoms with van der Waals surface area (Å²) in [4.78, 5) is 1.29. The van der Waals surface area contributed by atoms with Gasteiger partial charge in [0, 0.05) is 10.9 Å². The first-order valence-corrected chi connectivity index (χ1v) is 5.40. The van der Waals surface area contributed by atoms with E-state index in [0.29, 0.717) is 0 Å². The molecule has 0 spiro atoms. The van der Waals surface area contributed by atoms with Crippen LogP contribution in [0.3, 0.4) is 0 Å². The molecule has 1 atom stereocenters. The highest BCUT2D eigenvalue weighted by atomic mass is 35.5. The van der Waals surface area contributed by atoms with Crippen molar-refractivity contribution in [2.24, 2.45) is 5.73 Å². The Labute approximate surface area is 90.5 Å². The maximum Gasteiger partial charge on any atom is 0.0292 e. The maximum atomic E-state index is 5.88. The topological polar surface area (TPSA) is 26.0 Å². The Hall–Kier alpha value is -0.180. The van der Waals surface area contributed by atoms with Crippen molar-refractivity contribution in [2.45, 2.75) is 24.3 Å². The van der Waals surface area contributed by atoms with Crippen molar-refractivity contribution in [3.8, 4) is 0 Å². The molecular weight excluding hydrogens is 202 g/mol. The molecule has 13 heavy (non-hydrogen) atoms. The van der Waals surface area contributed by atoms with Gasteiger partial charge in [0.05, 0.1) is 0 Å². The maximum absolute atomic E-state index is 5.88. The van der Waals surface area contributed by atoms with Crippen molar-refractivity contribution in [1.29, 1.82) is 0 Å². The first-order chi connectivity index (χ1) is 5.77. The minimum Gasteiger partial charge on any atom is -0.324 e. The number of rotatable bonds is 3. The van der Waals surface area contributed by atoms with E-state index in [0.717, 1.165) is 6.42 Å². The molecule has 0 unspecified atom stereocenters. The van der Waals surface area contributed by atoms with Gasteiger partial charge in [-0.1, -0.05) is 19.1 Å². The van der Waals surface area contributed by atoms with Crippen LogP contribution in [0.5, 0.6) is 0 Å². The molecule has 0 heterocycles. The van der Waals surface area contributed by atoms with Gasteiger partial charge in [0.15, 0.2) is 0 Å². The molecule has 0 aromatic heterocycles. The number of halogens is 1. The van der Waals surface area contributed by atoms with Crippen molar-refractivity contribution >= 4 is 24.2 Å². The summed E-state index contributed by atoms with van der Waals surface area (Å²) in [6, 6.07) is 8.66. The van der Waals surface area contributed by atoms with Crippen LogP contribution in [0.25, 0.3) is 0 Å². The number of nitrogens with two attached hydrogens (primary N) is 1. The molecule has 0 aliphatic rings. The standard InChI is InChI=1S/C10H15NS.ClH/c1-3-10(11)8-4-6-9(12-2)7-5-8;/h4-7,10H,3,11H2,1-2H3;1H/t10-;/m0./s1. The summed E-state index contributed by atoms with van der Waals surface area (Å²) in [5.41, 5.74) is 7.11. The van der Waals surface area contributed by atoms with Gasteiger partial charge in [-0.25, -0.2) is 0 Å². The lowest BCUT2D eigenvalue weighted by Gasteiger charge is -2.08. The Morgan fingerprint density at radius 2 is 1.85 bits per heavy atom. The van der Waals surface area contributed by atoms with Crippen LogP contribution in [0.2, 0.25) is 0 Å². The van der Waals surface area contributed by atoms with Crippen LogP contribution >= 0.6 is 24.2 Å². The molecule has 1 aromatic carbocycles. The highest BCUT2D eigenvalue weighted by molar-refractivity contribution is 7.98. The van der Waals surface area contributed by atoms with Crippen molar-refractivity contribution in [3.63, 3.8) is 0 Å². The van der Waals surface area contributed by atoms with Gasteiger partial charge in [-0.05, 0) is 30.4 Å². The van der Waals surface area contributed by atoms with E-state index in [1.807, 2.05) is 0 Å². The third kappa shape index (κ3) is 3.59. The summed E-state index contributed by atoms with van der Waals surface area (Å²) in [6.45, 7) is 2.10.